The van der Waals surface area contributed by atoms with Crippen molar-refractivity contribution in [1.29, 1.82) is 0 Å². The first kappa shape index (κ1) is 22.8. The Balaban J connectivity index is 1.98. The number of aryl methyl sites for hydroxylation is 1. The van der Waals surface area contributed by atoms with Crippen LogP contribution in [0.3, 0.4) is 0 Å². The van der Waals surface area contributed by atoms with Crippen LogP contribution >= 0.6 is 0 Å². The Labute approximate surface area is 173 Å². The minimum absolute atomic E-state index is 0.107. The number of nitrogens with two attached hydrogens (primary N) is 1. The number of Topliss-reactive ketones (excluding diaryl/α,β-unsaturated/α-hetero) is 1. The van der Waals surface area contributed by atoms with Crippen molar-refractivity contribution in [3.63, 3.8) is 0 Å². The number of carbonyl (C=O) groups is 1. The van der Waals surface area contributed by atoms with Gasteiger partial charge in [-0.3, -0.25) is 9.69 Å². The smallest absolute Gasteiger partial charge is 0.217 e. The van der Waals surface area contributed by atoms with Crippen LogP contribution in [0.5, 0.6) is 0 Å². The molecule has 0 bridgehead atoms. The van der Waals surface area contributed by atoms with Crippen LogP contribution in [0.25, 0.3) is 0 Å². The molecule has 1 fully saturated rings. The summed E-state index contributed by atoms with van der Waals surface area (Å²) < 4.78 is 19.8. The van der Waals surface area contributed by atoms with Crippen LogP contribution in [0.1, 0.15) is 39.2 Å². The summed E-state index contributed by atoms with van der Waals surface area (Å²) in [5.41, 5.74) is 6.38. The molecule has 0 radical (unpaired) electrons. The molecule has 0 amide bonds. The van der Waals surface area contributed by atoms with Gasteiger partial charge in [0.1, 0.15) is 17.2 Å². The van der Waals surface area contributed by atoms with E-state index in [2.05, 4.69) is 16.5 Å². The number of aliphatic imine (C=N–C) groups is 1. The van der Waals surface area contributed by atoms with E-state index in [4.69, 9.17) is 10.5 Å². The highest BCUT2D eigenvalue weighted by Crippen LogP contribution is 2.21. The van der Waals surface area contributed by atoms with Crippen molar-refractivity contribution >= 4 is 11.7 Å². The molecule has 158 valence electrons. The minimum atomic E-state index is -0.412. The zero-order chi connectivity index (χ0) is 21.4. The van der Waals surface area contributed by atoms with Gasteiger partial charge in [-0.2, -0.15) is 0 Å². The van der Waals surface area contributed by atoms with Gasteiger partial charge in [0.2, 0.25) is 5.90 Å². The molecule has 2 N–H and O–H groups in total. The van der Waals surface area contributed by atoms with E-state index >= 15 is 0 Å². The van der Waals surface area contributed by atoms with Crippen LogP contribution in [0.15, 0.2) is 53.8 Å². The van der Waals surface area contributed by atoms with Gasteiger partial charge in [0, 0.05) is 49.9 Å². The maximum absolute atomic E-state index is 13.9. The molecular weight excluding hydrogens is 369 g/mol. The summed E-state index contributed by atoms with van der Waals surface area (Å²) in [4.78, 5) is 18.8. The van der Waals surface area contributed by atoms with Crippen molar-refractivity contribution in [2.75, 3.05) is 19.6 Å². The molecule has 1 atom stereocenters. The molecule has 0 saturated carbocycles. The van der Waals surface area contributed by atoms with E-state index in [-0.39, 0.29) is 17.5 Å². The summed E-state index contributed by atoms with van der Waals surface area (Å²) in [6, 6.07) is 6.74. The zero-order valence-electron chi connectivity index (χ0n) is 17.7. The molecular formula is C23H32FN3O2. The predicted octanol–water partition coefficient (Wildman–Crippen LogP) is 3.85. The Morgan fingerprint density at radius 3 is 2.79 bits per heavy atom. The first-order valence-electron chi connectivity index (χ1n) is 10.00. The van der Waals surface area contributed by atoms with E-state index in [0.717, 1.165) is 5.57 Å². The van der Waals surface area contributed by atoms with Gasteiger partial charge >= 0.3 is 0 Å². The molecule has 1 aromatic rings. The number of benzene rings is 1. The third-order valence-electron chi connectivity index (χ3n) is 4.73. The number of hydrogen-bond acceptors (Lipinski definition) is 5. The van der Waals surface area contributed by atoms with Gasteiger partial charge in [-0.25, -0.2) is 9.38 Å². The average Bonchev–Trinajstić information content (AvgIpc) is 2.65. The summed E-state index contributed by atoms with van der Waals surface area (Å²) >= 11 is 0. The molecule has 0 aromatic heterocycles. The Bertz CT molecular complexity index is 781. The number of nitrogens with zero attached hydrogens (tertiary/aromatic N) is 2. The molecule has 29 heavy (non-hydrogen) atoms. The lowest BCUT2D eigenvalue weighted by atomic mass is 9.90. The molecule has 2 rings (SSSR count). The lowest BCUT2D eigenvalue weighted by molar-refractivity contribution is -0.126. The van der Waals surface area contributed by atoms with Gasteiger partial charge in [-0.1, -0.05) is 24.8 Å². The first-order chi connectivity index (χ1) is 13.7. The molecule has 5 nitrogen and oxygen atoms in total. The summed E-state index contributed by atoms with van der Waals surface area (Å²) in [6.45, 7) is 11.8. The van der Waals surface area contributed by atoms with Crippen molar-refractivity contribution in [1.82, 2.24) is 4.90 Å². The Morgan fingerprint density at radius 2 is 2.14 bits per heavy atom. The lowest BCUT2D eigenvalue weighted by Gasteiger charge is -2.33. The fourth-order valence-corrected chi connectivity index (χ4v) is 3.33. The maximum Gasteiger partial charge on any atom is 0.217 e. The van der Waals surface area contributed by atoms with Crippen molar-refractivity contribution in [3.8, 4) is 0 Å². The highest BCUT2D eigenvalue weighted by Gasteiger charge is 2.28. The normalized spacial score (nSPS) is 19.0. The van der Waals surface area contributed by atoms with E-state index in [9.17, 15) is 9.18 Å². The maximum atomic E-state index is 13.9. The molecule has 0 aliphatic carbocycles. The zero-order valence-corrected chi connectivity index (χ0v) is 17.7. The molecule has 1 unspecified atom stereocenters. The van der Waals surface area contributed by atoms with Gasteiger partial charge in [0.05, 0.1) is 0 Å². The first-order valence-corrected chi connectivity index (χ1v) is 10.00. The number of piperidine rings is 1. The topological polar surface area (TPSA) is 67.9 Å². The molecule has 1 aromatic carbocycles. The van der Waals surface area contributed by atoms with E-state index in [0.29, 0.717) is 50.4 Å². The molecule has 1 saturated heterocycles. The highest BCUT2D eigenvalue weighted by atomic mass is 19.1. The van der Waals surface area contributed by atoms with Gasteiger partial charge < -0.3 is 10.5 Å². The van der Waals surface area contributed by atoms with Crippen LogP contribution in [-0.4, -0.2) is 41.8 Å². The second-order valence-corrected chi connectivity index (χ2v) is 8.37. The predicted molar refractivity (Wildman–Crippen MR) is 115 cm³/mol. The second-order valence-electron chi connectivity index (χ2n) is 8.37. The van der Waals surface area contributed by atoms with E-state index in [1.54, 1.807) is 12.1 Å². The number of ketones is 1. The van der Waals surface area contributed by atoms with Crippen molar-refractivity contribution in [2.45, 2.75) is 45.6 Å². The van der Waals surface area contributed by atoms with Gasteiger partial charge in [0.25, 0.3) is 0 Å². The van der Waals surface area contributed by atoms with Crippen LogP contribution in [0.2, 0.25) is 0 Å². The van der Waals surface area contributed by atoms with Crippen LogP contribution < -0.4 is 5.73 Å². The van der Waals surface area contributed by atoms with E-state index < -0.39 is 5.60 Å². The number of hydrogen-bond donors (Lipinski definition) is 1. The Kier molecular flexibility index (Phi) is 8.14. The largest absolute Gasteiger partial charge is 0.472 e. The number of carbonyl (C=O) groups excluding carboxylic acids is 1. The molecule has 1 aliphatic heterocycles. The monoisotopic (exact) mass is 401 g/mol. The molecule has 1 heterocycles. The molecule has 6 heteroatoms. The number of halogens is 1. The van der Waals surface area contributed by atoms with Crippen LogP contribution in [0, 0.1) is 11.7 Å². The van der Waals surface area contributed by atoms with Gasteiger partial charge in [0.15, 0.2) is 0 Å². The number of likely N-dealkylation sites (tertiary alicyclic amines) is 1. The van der Waals surface area contributed by atoms with E-state index in [1.165, 1.54) is 18.5 Å². The van der Waals surface area contributed by atoms with Crippen molar-refractivity contribution in [3.05, 3.63) is 60.2 Å². The van der Waals surface area contributed by atoms with Crippen LogP contribution in [0.4, 0.5) is 4.39 Å². The average molecular weight is 402 g/mol. The molecule has 1 aliphatic rings. The number of ether oxygens (including phenoxy) is 1. The Hall–Kier alpha value is -2.47. The van der Waals surface area contributed by atoms with Crippen molar-refractivity contribution in [2.24, 2.45) is 16.6 Å². The van der Waals surface area contributed by atoms with Gasteiger partial charge in [-0.15, -0.1) is 0 Å². The van der Waals surface area contributed by atoms with Crippen molar-refractivity contribution < 1.29 is 13.9 Å². The standard InChI is InChI=1S/C23H32FN3O2/c1-17(22(26-13-12-25)29-23(2,3)4)15-27-14-11-21(28)19(16-27)10-9-18-7-5-6-8-20(18)24/h5-8,12-13,19H,1,9-11,14-16,25H2,2-4H3/b13-12-,26-22+. The quantitative estimate of drug-likeness (QED) is 0.557. The second kappa shape index (κ2) is 10.3. The third kappa shape index (κ3) is 7.46. The summed E-state index contributed by atoms with van der Waals surface area (Å²) in [5.74, 6) is 0.367. The summed E-state index contributed by atoms with van der Waals surface area (Å²) in [7, 11) is 0. The Morgan fingerprint density at radius 1 is 1.41 bits per heavy atom. The molecule has 0 spiro atoms. The summed E-state index contributed by atoms with van der Waals surface area (Å²) in [6.07, 6.45) is 4.50. The van der Waals surface area contributed by atoms with E-state index in [1.807, 2.05) is 26.8 Å². The number of rotatable bonds is 7. The fourth-order valence-electron chi connectivity index (χ4n) is 3.33. The van der Waals surface area contributed by atoms with Gasteiger partial charge in [-0.05, 0) is 45.2 Å². The fraction of sp³-hybridized carbons (Fsp3) is 0.478. The highest BCUT2D eigenvalue weighted by molar-refractivity contribution is 5.94. The summed E-state index contributed by atoms with van der Waals surface area (Å²) in [5, 5.41) is 0. The third-order valence-corrected chi connectivity index (χ3v) is 4.73. The minimum Gasteiger partial charge on any atom is -0.472 e. The SMILES string of the molecule is C=C(CN1CCC(=O)C(CCc2ccccc2F)C1)/C(=N\C=C/N)OC(C)(C)C. The lowest BCUT2D eigenvalue weighted by Crippen LogP contribution is -2.42. The van der Waals surface area contributed by atoms with Crippen LogP contribution in [-0.2, 0) is 16.0 Å².